The van der Waals surface area contributed by atoms with Gasteiger partial charge in [0, 0.05) is 6.42 Å². The standard InChI is InChI=1S/C12H12F2N4O2/c1-20-12-16-11(17-18-12)15-10(19)5-3-7-2-4-8(13)9(14)6-7/h2,4,6H,3,5H2,1H3,(H2,15,16,17,18,19). The molecule has 0 unspecified atom stereocenters. The summed E-state index contributed by atoms with van der Waals surface area (Å²) in [5.74, 6) is -2.00. The molecular weight excluding hydrogens is 270 g/mol. The van der Waals surface area contributed by atoms with Crippen molar-refractivity contribution in [2.24, 2.45) is 0 Å². The first kappa shape index (κ1) is 13.9. The van der Waals surface area contributed by atoms with Gasteiger partial charge in [-0.05, 0) is 24.1 Å². The molecule has 6 nitrogen and oxygen atoms in total. The van der Waals surface area contributed by atoms with Crippen LogP contribution < -0.4 is 10.1 Å². The van der Waals surface area contributed by atoms with Crippen LogP contribution in [-0.4, -0.2) is 28.2 Å². The van der Waals surface area contributed by atoms with Crippen molar-refractivity contribution in [1.82, 2.24) is 15.2 Å². The Kier molecular flexibility index (Phi) is 4.24. The molecule has 8 heteroatoms. The largest absolute Gasteiger partial charge is 0.466 e. The van der Waals surface area contributed by atoms with Crippen LogP contribution in [0.2, 0.25) is 0 Å². The molecule has 1 amide bonds. The van der Waals surface area contributed by atoms with E-state index in [0.717, 1.165) is 12.1 Å². The van der Waals surface area contributed by atoms with E-state index in [1.165, 1.54) is 13.2 Å². The third-order valence-corrected chi connectivity index (χ3v) is 2.53. The quantitative estimate of drug-likeness (QED) is 0.874. The smallest absolute Gasteiger partial charge is 0.336 e. The van der Waals surface area contributed by atoms with Crippen LogP contribution in [0.1, 0.15) is 12.0 Å². The lowest BCUT2D eigenvalue weighted by Crippen LogP contribution is -2.13. The summed E-state index contributed by atoms with van der Waals surface area (Å²) in [7, 11) is 1.40. The van der Waals surface area contributed by atoms with Gasteiger partial charge in [0.05, 0.1) is 7.11 Å². The van der Waals surface area contributed by atoms with Crippen LogP contribution in [0.15, 0.2) is 18.2 Å². The molecule has 0 saturated carbocycles. The Hall–Kier alpha value is -2.51. The number of aromatic amines is 1. The number of carbonyl (C=O) groups is 1. The minimum Gasteiger partial charge on any atom is -0.466 e. The predicted octanol–water partition coefficient (Wildman–Crippen LogP) is 1.66. The molecule has 0 bridgehead atoms. The van der Waals surface area contributed by atoms with Crippen molar-refractivity contribution in [3.63, 3.8) is 0 Å². The molecule has 0 aliphatic carbocycles. The van der Waals surface area contributed by atoms with Gasteiger partial charge in [0.15, 0.2) is 11.6 Å². The first-order valence-corrected chi connectivity index (χ1v) is 5.78. The van der Waals surface area contributed by atoms with Crippen LogP contribution in [0.3, 0.4) is 0 Å². The van der Waals surface area contributed by atoms with E-state index in [-0.39, 0.29) is 30.7 Å². The van der Waals surface area contributed by atoms with Crippen molar-refractivity contribution < 1.29 is 18.3 Å². The molecule has 0 atom stereocenters. The number of halogens is 2. The van der Waals surface area contributed by atoms with Crippen molar-refractivity contribution in [3.8, 4) is 6.01 Å². The molecule has 0 spiro atoms. The lowest BCUT2D eigenvalue weighted by molar-refractivity contribution is -0.116. The molecule has 0 saturated heterocycles. The Morgan fingerprint density at radius 1 is 1.40 bits per heavy atom. The molecule has 20 heavy (non-hydrogen) atoms. The van der Waals surface area contributed by atoms with E-state index < -0.39 is 11.6 Å². The van der Waals surface area contributed by atoms with E-state index in [4.69, 9.17) is 4.74 Å². The van der Waals surface area contributed by atoms with E-state index in [2.05, 4.69) is 20.5 Å². The maximum Gasteiger partial charge on any atom is 0.336 e. The molecule has 1 aromatic heterocycles. The zero-order chi connectivity index (χ0) is 14.5. The van der Waals surface area contributed by atoms with Crippen LogP contribution >= 0.6 is 0 Å². The second kappa shape index (κ2) is 6.09. The predicted molar refractivity (Wildman–Crippen MR) is 66.2 cm³/mol. The average molecular weight is 282 g/mol. The van der Waals surface area contributed by atoms with Gasteiger partial charge in [0.25, 0.3) is 0 Å². The number of anilines is 1. The molecule has 2 aromatic rings. The Labute approximate surface area is 113 Å². The van der Waals surface area contributed by atoms with E-state index in [0.29, 0.717) is 5.56 Å². The lowest BCUT2D eigenvalue weighted by atomic mass is 10.1. The number of methoxy groups -OCH3 is 1. The topological polar surface area (TPSA) is 79.9 Å². The van der Waals surface area contributed by atoms with E-state index >= 15 is 0 Å². The minimum absolute atomic E-state index is 0.105. The highest BCUT2D eigenvalue weighted by atomic mass is 19.2. The minimum atomic E-state index is -0.928. The van der Waals surface area contributed by atoms with Gasteiger partial charge in [-0.25, -0.2) is 13.9 Å². The number of rotatable bonds is 5. The van der Waals surface area contributed by atoms with E-state index in [1.54, 1.807) is 0 Å². The molecule has 0 fully saturated rings. The zero-order valence-corrected chi connectivity index (χ0v) is 10.6. The second-order valence-electron chi connectivity index (χ2n) is 3.97. The molecule has 1 heterocycles. The number of ether oxygens (including phenoxy) is 1. The van der Waals surface area contributed by atoms with Crippen molar-refractivity contribution >= 4 is 11.9 Å². The summed E-state index contributed by atoms with van der Waals surface area (Å²) >= 11 is 0. The Bertz CT molecular complexity index is 615. The number of aryl methyl sites for hydroxylation is 1. The highest BCUT2D eigenvalue weighted by Crippen LogP contribution is 2.11. The normalized spacial score (nSPS) is 10.3. The lowest BCUT2D eigenvalue weighted by Gasteiger charge is -2.02. The van der Waals surface area contributed by atoms with Gasteiger partial charge < -0.3 is 4.74 Å². The summed E-state index contributed by atoms with van der Waals surface area (Å²) < 4.78 is 30.5. The van der Waals surface area contributed by atoms with Crippen LogP contribution in [0.4, 0.5) is 14.7 Å². The van der Waals surface area contributed by atoms with Crippen LogP contribution in [-0.2, 0) is 11.2 Å². The molecule has 1 aromatic carbocycles. The highest BCUT2D eigenvalue weighted by molar-refractivity contribution is 5.89. The zero-order valence-electron chi connectivity index (χ0n) is 10.6. The molecule has 0 radical (unpaired) electrons. The average Bonchev–Trinajstić information content (AvgIpc) is 2.88. The van der Waals surface area contributed by atoms with Crippen molar-refractivity contribution in [2.75, 3.05) is 12.4 Å². The van der Waals surface area contributed by atoms with Crippen molar-refractivity contribution in [1.29, 1.82) is 0 Å². The summed E-state index contributed by atoms with van der Waals surface area (Å²) in [6.07, 6.45) is 0.391. The third-order valence-electron chi connectivity index (χ3n) is 2.53. The maximum atomic E-state index is 13.0. The molecule has 2 N–H and O–H groups in total. The fourth-order valence-corrected chi connectivity index (χ4v) is 1.54. The number of aromatic nitrogens is 3. The van der Waals surface area contributed by atoms with Crippen molar-refractivity contribution in [3.05, 3.63) is 35.4 Å². The number of H-pyrrole nitrogens is 1. The fraction of sp³-hybridized carbons (Fsp3) is 0.250. The van der Waals surface area contributed by atoms with E-state index in [9.17, 15) is 13.6 Å². The van der Waals surface area contributed by atoms with Gasteiger partial charge >= 0.3 is 6.01 Å². The Morgan fingerprint density at radius 3 is 2.85 bits per heavy atom. The first-order valence-electron chi connectivity index (χ1n) is 5.78. The Balaban J connectivity index is 1.87. The van der Waals surface area contributed by atoms with E-state index in [1.807, 2.05) is 0 Å². The summed E-state index contributed by atoms with van der Waals surface area (Å²) in [4.78, 5) is 15.4. The Morgan fingerprint density at radius 2 is 2.20 bits per heavy atom. The van der Waals surface area contributed by atoms with Gasteiger partial charge in [-0.15, -0.1) is 5.10 Å². The summed E-state index contributed by atoms with van der Waals surface area (Å²) in [6.45, 7) is 0. The van der Waals surface area contributed by atoms with Gasteiger partial charge in [-0.3, -0.25) is 10.1 Å². The van der Waals surface area contributed by atoms with Gasteiger partial charge in [0.2, 0.25) is 11.9 Å². The van der Waals surface area contributed by atoms with Gasteiger partial charge in [0.1, 0.15) is 0 Å². The highest BCUT2D eigenvalue weighted by Gasteiger charge is 2.09. The summed E-state index contributed by atoms with van der Waals surface area (Å²) in [5, 5.41) is 8.61. The van der Waals surface area contributed by atoms with Crippen LogP contribution in [0, 0.1) is 11.6 Å². The number of benzene rings is 1. The fourth-order valence-electron chi connectivity index (χ4n) is 1.54. The number of amides is 1. The molecule has 0 aliphatic rings. The third kappa shape index (κ3) is 3.50. The van der Waals surface area contributed by atoms with Crippen molar-refractivity contribution in [2.45, 2.75) is 12.8 Å². The number of nitrogens with zero attached hydrogens (tertiary/aromatic N) is 2. The monoisotopic (exact) mass is 282 g/mol. The molecule has 2 rings (SSSR count). The number of hydrogen-bond donors (Lipinski definition) is 2. The second-order valence-corrected chi connectivity index (χ2v) is 3.97. The molecule has 0 aliphatic heterocycles. The van der Waals surface area contributed by atoms with Crippen LogP contribution in [0.25, 0.3) is 0 Å². The molecular formula is C12H12F2N4O2. The van der Waals surface area contributed by atoms with Gasteiger partial charge in [-0.2, -0.15) is 4.98 Å². The summed E-state index contributed by atoms with van der Waals surface area (Å²) in [6, 6.07) is 3.65. The number of carbonyl (C=O) groups excluding carboxylic acids is 1. The number of hydrogen-bond acceptors (Lipinski definition) is 4. The maximum absolute atomic E-state index is 13.0. The van der Waals surface area contributed by atoms with Crippen LogP contribution in [0.5, 0.6) is 6.01 Å². The SMILES string of the molecule is COc1n[nH]c(NC(=O)CCc2ccc(F)c(F)c2)n1. The van der Waals surface area contributed by atoms with Gasteiger partial charge in [-0.1, -0.05) is 6.07 Å². The summed E-state index contributed by atoms with van der Waals surface area (Å²) in [5.41, 5.74) is 0.536. The first-order chi connectivity index (χ1) is 9.58. The number of nitrogens with one attached hydrogen (secondary N) is 2. The molecule has 106 valence electrons.